The molecule has 2 heterocycles. The Kier molecular flexibility index (Phi) is 1.28. The van der Waals surface area contributed by atoms with E-state index >= 15 is 0 Å². The van der Waals surface area contributed by atoms with Crippen molar-refractivity contribution >= 4 is 11.0 Å². The molecular weight excluding hydrogens is 138 g/mol. The summed E-state index contributed by atoms with van der Waals surface area (Å²) in [6, 6.07) is 2.49. The maximum atomic E-state index is 5.23. The van der Waals surface area contributed by atoms with Gasteiger partial charge in [0, 0.05) is 23.8 Å². The van der Waals surface area contributed by atoms with Gasteiger partial charge in [0.2, 0.25) is 0 Å². The lowest BCUT2D eigenvalue weighted by Crippen LogP contribution is -1.95. The van der Waals surface area contributed by atoms with E-state index in [1.54, 1.807) is 6.26 Å². The topological polar surface area (TPSA) is 18.1 Å². The van der Waals surface area contributed by atoms with Crippen LogP contribution in [-0.2, 0) is 0 Å². The quantitative estimate of drug-likeness (QED) is 0.609. The Morgan fingerprint density at radius 2 is 2.18 bits per heavy atom. The standard InChI is InChI=1S/C9H11NO/c1-7(2)10-5-8-3-4-11-9(8)6-10/h3-7H,1-2H3. The largest absolute Gasteiger partial charge is 0.463 e. The van der Waals surface area contributed by atoms with Gasteiger partial charge in [0.15, 0.2) is 5.58 Å². The first-order valence-corrected chi connectivity index (χ1v) is 3.82. The number of nitrogens with zero attached hydrogens (tertiary/aromatic N) is 1. The number of fused-ring (bicyclic) bond motifs is 1. The fourth-order valence-electron chi connectivity index (χ4n) is 1.17. The van der Waals surface area contributed by atoms with Crippen LogP contribution in [0.5, 0.6) is 0 Å². The average molecular weight is 149 g/mol. The lowest BCUT2D eigenvalue weighted by Gasteiger charge is -2.04. The number of hydrogen-bond acceptors (Lipinski definition) is 1. The monoisotopic (exact) mass is 149 g/mol. The minimum Gasteiger partial charge on any atom is -0.463 e. The molecule has 0 spiro atoms. The van der Waals surface area contributed by atoms with Crippen molar-refractivity contribution in [3.63, 3.8) is 0 Å². The minimum atomic E-state index is 0.512. The summed E-state index contributed by atoms with van der Waals surface area (Å²) in [5.41, 5.74) is 0.971. The molecule has 0 saturated heterocycles. The van der Waals surface area contributed by atoms with Gasteiger partial charge in [-0.05, 0) is 19.9 Å². The highest BCUT2D eigenvalue weighted by Crippen LogP contribution is 2.18. The Morgan fingerprint density at radius 3 is 2.82 bits per heavy atom. The molecule has 0 saturated carbocycles. The molecule has 0 fully saturated rings. The molecule has 0 aliphatic heterocycles. The minimum absolute atomic E-state index is 0.512. The maximum Gasteiger partial charge on any atom is 0.151 e. The molecular formula is C9H11NO. The highest BCUT2D eigenvalue weighted by Gasteiger charge is 2.02. The molecule has 0 aromatic carbocycles. The van der Waals surface area contributed by atoms with E-state index in [0.717, 1.165) is 5.58 Å². The van der Waals surface area contributed by atoms with Gasteiger partial charge in [-0.2, -0.15) is 0 Å². The lowest BCUT2D eigenvalue weighted by molar-refractivity contribution is 0.585. The van der Waals surface area contributed by atoms with Crippen LogP contribution in [0, 0.1) is 0 Å². The molecule has 0 N–H and O–H groups in total. The zero-order chi connectivity index (χ0) is 7.84. The van der Waals surface area contributed by atoms with Crippen LogP contribution in [-0.4, -0.2) is 4.57 Å². The van der Waals surface area contributed by atoms with E-state index in [1.807, 2.05) is 12.3 Å². The Bertz CT molecular complexity index is 328. The van der Waals surface area contributed by atoms with Crippen LogP contribution in [0.2, 0.25) is 0 Å². The molecule has 0 atom stereocenters. The maximum absolute atomic E-state index is 5.23. The third-order valence-electron chi connectivity index (χ3n) is 1.88. The van der Waals surface area contributed by atoms with Crippen molar-refractivity contribution in [3.8, 4) is 0 Å². The fraction of sp³-hybridized carbons (Fsp3) is 0.333. The van der Waals surface area contributed by atoms with Gasteiger partial charge in [0.25, 0.3) is 0 Å². The number of rotatable bonds is 1. The third-order valence-corrected chi connectivity index (χ3v) is 1.88. The van der Waals surface area contributed by atoms with E-state index in [4.69, 9.17) is 4.42 Å². The molecule has 2 nitrogen and oxygen atoms in total. The molecule has 2 heteroatoms. The smallest absolute Gasteiger partial charge is 0.151 e. The van der Waals surface area contributed by atoms with Crippen LogP contribution in [0.4, 0.5) is 0 Å². The average Bonchev–Trinajstić information content (AvgIpc) is 2.40. The number of aromatic nitrogens is 1. The van der Waals surface area contributed by atoms with Crippen LogP contribution in [0.25, 0.3) is 11.0 Å². The van der Waals surface area contributed by atoms with Crippen LogP contribution >= 0.6 is 0 Å². The molecule has 0 aliphatic rings. The van der Waals surface area contributed by atoms with Gasteiger partial charge in [-0.1, -0.05) is 0 Å². The summed E-state index contributed by atoms with van der Waals surface area (Å²) in [7, 11) is 0. The molecule has 2 aromatic rings. The second-order valence-corrected chi connectivity index (χ2v) is 3.04. The first-order valence-electron chi connectivity index (χ1n) is 3.82. The predicted octanol–water partition coefficient (Wildman–Crippen LogP) is 2.82. The van der Waals surface area contributed by atoms with Crippen molar-refractivity contribution in [3.05, 3.63) is 24.7 Å². The molecule has 11 heavy (non-hydrogen) atoms. The molecule has 2 rings (SSSR count). The first-order chi connectivity index (χ1) is 5.27. The first kappa shape index (κ1) is 6.53. The van der Waals surface area contributed by atoms with E-state index < -0.39 is 0 Å². The second kappa shape index (κ2) is 2.16. The normalized spacial score (nSPS) is 11.5. The van der Waals surface area contributed by atoms with Crippen molar-refractivity contribution < 1.29 is 4.42 Å². The zero-order valence-electron chi connectivity index (χ0n) is 6.74. The Hall–Kier alpha value is -1.18. The summed E-state index contributed by atoms with van der Waals surface area (Å²) < 4.78 is 7.37. The Balaban J connectivity index is 2.58. The van der Waals surface area contributed by atoms with Crippen molar-refractivity contribution in [1.82, 2.24) is 4.57 Å². The molecule has 0 unspecified atom stereocenters. The summed E-state index contributed by atoms with van der Waals surface area (Å²) in [5, 5.41) is 1.18. The zero-order valence-corrected chi connectivity index (χ0v) is 6.74. The van der Waals surface area contributed by atoms with Crippen LogP contribution in [0.15, 0.2) is 29.1 Å². The predicted molar refractivity (Wildman–Crippen MR) is 44.6 cm³/mol. The summed E-state index contributed by atoms with van der Waals surface area (Å²) in [5.74, 6) is 0. The van der Waals surface area contributed by atoms with Crippen LogP contribution in [0.1, 0.15) is 19.9 Å². The Labute approximate surface area is 65.4 Å². The van der Waals surface area contributed by atoms with E-state index in [1.165, 1.54) is 5.39 Å². The summed E-state index contributed by atoms with van der Waals surface area (Å²) in [6.07, 6.45) is 5.85. The number of hydrogen-bond donors (Lipinski definition) is 0. The summed E-state index contributed by atoms with van der Waals surface area (Å²) in [6.45, 7) is 4.30. The summed E-state index contributed by atoms with van der Waals surface area (Å²) >= 11 is 0. The molecule has 0 radical (unpaired) electrons. The van der Waals surface area contributed by atoms with Crippen molar-refractivity contribution in [2.45, 2.75) is 19.9 Å². The van der Waals surface area contributed by atoms with Gasteiger partial charge in [0.1, 0.15) is 0 Å². The molecule has 58 valence electrons. The van der Waals surface area contributed by atoms with Gasteiger partial charge in [-0.25, -0.2) is 0 Å². The van der Waals surface area contributed by atoms with Gasteiger partial charge in [-0.15, -0.1) is 0 Å². The van der Waals surface area contributed by atoms with E-state index in [0.29, 0.717) is 6.04 Å². The van der Waals surface area contributed by atoms with Crippen molar-refractivity contribution in [1.29, 1.82) is 0 Å². The lowest BCUT2D eigenvalue weighted by atomic mass is 10.4. The van der Waals surface area contributed by atoms with Crippen molar-refractivity contribution in [2.75, 3.05) is 0 Å². The van der Waals surface area contributed by atoms with E-state index in [-0.39, 0.29) is 0 Å². The molecule has 0 amide bonds. The Morgan fingerprint density at radius 1 is 1.36 bits per heavy atom. The van der Waals surface area contributed by atoms with Gasteiger partial charge in [-0.3, -0.25) is 0 Å². The van der Waals surface area contributed by atoms with Crippen LogP contribution in [0.3, 0.4) is 0 Å². The van der Waals surface area contributed by atoms with Crippen molar-refractivity contribution in [2.24, 2.45) is 0 Å². The molecule has 2 aromatic heterocycles. The second-order valence-electron chi connectivity index (χ2n) is 3.04. The highest BCUT2D eigenvalue weighted by molar-refractivity contribution is 5.76. The van der Waals surface area contributed by atoms with Crippen LogP contribution < -0.4 is 0 Å². The van der Waals surface area contributed by atoms with Gasteiger partial charge < -0.3 is 8.98 Å². The number of furan rings is 1. The summed E-state index contributed by atoms with van der Waals surface area (Å²) in [4.78, 5) is 0. The fourth-order valence-corrected chi connectivity index (χ4v) is 1.17. The van der Waals surface area contributed by atoms with E-state index in [9.17, 15) is 0 Å². The highest BCUT2D eigenvalue weighted by atomic mass is 16.3. The SMILES string of the molecule is CC(C)n1cc2ccoc2c1. The van der Waals surface area contributed by atoms with E-state index in [2.05, 4.69) is 24.6 Å². The van der Waals surface area contributed by atoms with Gasteiger partial charge in [0.05, 0.1) is 6.26 Å². The van der Waals surface area contributed by atoms with Gasteiger partial charge >= 0.3 is 0 Å². The molecule has 0 aliphatic carbocycles. The molecule has 0 bridgehead atoms. The third kappa shape index (κ3) is 0.946.